The van der Waals surface area contributed by atoms with Crippen molar-refractivity contribution in [2.75, 3.05) is 7.11 Å². The Morgan fingerprint density at radius 3 is 2.33 bits per heavy atom. The van der Waals surface area contributed by atoms with Gasteiger partial charge in [-0.1, -0.05) is 16.9 Å². The van der Waals surface area contributed by atoms with Crippen molar-refractivity contribution in [3.8, 4) is 34.1 Å². The maximum Gasteiger partial charge on any atom is 0.573 e. The van der Waals surface area contributed by atoms with Crippen molar-refractivity contribution in [2.24, 2.45) is 0 Å². The number of methoxy groups -OCH3 is 1. The number of hydrogen-bond donors (Lipinski definition) is 1. The van der Waals surface area contributed by atoms with E-state index in [4.69, 9.17) is 9.26 Å². The average Bonchev–Trinajstić information content (AvgIpc) is 3.26. The predicted molar refractivity (Wildman–Crippen MR) is 113 cm³/mol. The smallest absolute Gasteiger partial charge is 0.497 e. The van der Waals surface area contributed by atoms with Crippen LogP contribution in [0.4, 0.5) is 13.2 Å². The molecule has 2 aromatic carbocycles. The minimum absolute atomic E-state index is 0.206. The van der Waals surface area contributed by atoms with Gasteiger partial charge in [0.05, 0.1) is 18.6 Å². The Morgan fingerprint density at radius 1 is 1.00 bits per heavy atom. The third-order valence-electron chi connectivity index (χ3n) is 4.25. The van der Waals surface area contributed by atoms with Gasteiger partial charge in [0.1, 0.15) is 11.5 Å². The number of alkyl halides is 3. The molecule has 170 valence electrons. The third kappa shape index (κ3) is 5.92. The van der Waals surface area contributed by atoms with E-state index in [1.807, 2.05) is 0 Å². The van der Waals surface area contributed by atoms with Gasteiger partial charge < -0.3 is 19.0 Å². The molecule has 4 rings (SSSR count). The molecule has 0 fully saturated rings. The van der Waals surface area contributed by atoms with E-state index in [1.54, 1.807) is 31.4 Å². The van der Waals surface area contributed by atoms with Crippen LogP contribution in [0.15, 0.2) is 69.1 Å². The Balaban J connectivity index is 1.44. The molecule has 0 atom stereocenters. The number of H-pyrrole nitrogens is 1. The fourth-order valence-electron chi connectivity index (χ4n) is 2.78. The van der Waals surface area contributed by atoms with Gasteiger partial charge in [-0.2, -0.15) is 4.98 Å². The lowest BCUT2D eigenvalue weighted by Gasteiger charge is -2.08. The van der Waals surface area contributed by atoms with Gasteiger partial charge in [-0.25, -0.2) is 4.98 Å². The topological polar surface area (TPSA) is 103 Å². The van der Waals surface area contributed by atoms with E-state index in [9.17, 15) is 18.0 Å². The van der Waals surface area contributed by atoms with E-state index in [0.29, 0.717) is 22.2 Å². The molecule has 8 nitrogen and oxygen atoms in total. The summed E-state index contributed by atoms with van der Waals surface area (Å²) in [4.78, 5) is 23.4. The van der Waals surface area contributed by atoms with Crippen molar-refractivity contribution in [1.82, 2.24) is 20.1 Å². The van der Waals surface area contributed by atoms with E-state index in [2.05, 4.69) is 24.8 Å². The van der Waals surface area contributed by atoms with Crippen molar-refractivity contribution in [2.45, 2.75) is 17.3 Å². The maximum absolute atomic E-state index is 12.3. The fraction of sp³-hybridized carbons (Fsp3) is 0.143. The SMILES string of the molecule is COc1ccc(-c2cc(=O)[nH]c(SCc3nc(-c4ccc(OC(F)(F)F)cc4)no3)n2)cc1. The molecule has 0 radical (unpaired) electrons. The predicted octanol–water partition coefficient (Wildman–Crippen LogP) is 4.69. The second-order valence-electron chi connectivity index (χ2n) is 6.54. The highest BCUT2D eigenvalue weighted by Crippen LogP contribution is 2.27. The van der Waals surface area contributed by atoms with E-state index >= 15 is 0 Å². The number of hydrogen-bond acceptors (Lipinski definition) is 8. The highest BCUT2D eigenvalue weighted by molar-refractivity contribution is 7.98. The van der Waals surface area contributed by atoms with Gasteiger partial charge in [0.2, 0.25) is 11.7 Å². The number of nitrogens with one attached hydrogen (secondary N) is 1. The first-order valence-electron chi connectivity index (χ1n) is 9.36. The number of ether oxygens (including phenoxy) is 2. The molecule has 2 aromatic heterocycles. The number of thioether (sulfide) groups is 1. The first kappa shape index (κ1) is 22.4. The zero-order valence-corrected chi connectivity index (χ0v) is 17.7. The van der Waals surface area contributed by atoms with E-state index < -0.39 is 6.36 Å². The summed E-state index contributed by atoms with van der Waals surface area (Å²) in [5.74, 6) is 1.02. The zero-order chi connectivity index (χ0) is 23.4. The summed E-state index contributed by atoms with van der Waals surface area (Å²) in [5, 5.41) is 4.20. The Kier molecular flexibility index (Phi) is 6.36. The molecular formula is C21H15F3N4O4S. The van der Waals surface area contributed by atoms with Crippen LogP contribution in [0.3, 0.4) is 0 Å². The molecule has 0 saturated carbocycles. The van der Waals surface area contributed by atoms with Gasteiger partial charge in [-0.3, -0.25) is 4.79 Å². The number of nitrogens with zero attached hydrogens (tertiary/aromatic N) is 3. The number of benzene rings is 2. The van der Waals surface area contributed by atoms with Crippen LogP contribution in [-0.4, -0.2) is 33.6 Å². The van der Waals surface area contributed by atoms with E-state index in [1.165, 1.54) is 30.0 Å². The molecule has 0 amide bonds. The molecular weight excluding hydrogens is 461 g/mol. The highest BCUT2D eigenvalue weighted by atomic mass is 32.2. The molecule has 0 saturated heterocycles. The van der Waals surface area contributed by atoms with Gasteiger partial charge in [0.15, 0.2) is 5.16 Å². The summed E-state index contributed by atoms with van der Waals surface area (Å²) in [6, 6.07) is 13.6. The average molecular weight is 476 g/mol. The van der Waals surface area contributed by atoms with Crippen molar-refractivity contribution >= 4 is 11.8 Å². The molecule has 0 aliphatic carbocycles. The quantitative estimate of drug-likeness (QED) is 0.303. The summed E-state index contributed by atoms with van der Waals surface area (Å²) in [5.41, 5.74) is 1.39. The van der Waals surface area contributed by atoms with Crippen molar-refractivity contribution in [3.63, 3.8) is 0 Å². The van der Waals surface area contributed by atoms with Gasteiger partial charge in [0.25, 0.3) is 5.56 Å². The lowest BCUT2D eigenvalue weighted by atomic mass is 10.1. The molecule has 0 spiro atoms. The number of aromatic amines is 1. The Bertz CT molecular complexity index is 1290. The van der Waals surface area contributed by atoms with Crippen molar-refractivity contribution < 1.29 is 27.2 Å². The number of halogens is 3. The first-order chi connectivity index (χ1) is 15.8. The molecule has 0 bridgehead atoms. The van der Waals surface area contributed by atoms with Crippen LogP contribution in [-0.2, 0) is 5.75 Å². The first-order valence-corrected chi connectivity index (χ1v) is 10.3. The normalized spacial score (nSPS) is 11.4. The van der Waals surface area contributed by atoms with Gasteiger partial charge in [-0.05, 0) is 48.5 Å². The standard InChI is InChI=1S/C21H15F3N4O4S/c1-30-14-6-2-12(3-7-14)16-10-17(29)26-20(25-16)33-11-18-27-19(28-32-18)13-4-8-15(9-5-13)31-21(22,23)24/h2-10H,11H2,1H3,(H,25,26,29). The maximum atomic E-state index is 12.3. The molecule has 0 unspecified atom stereocenters. The van der Waals surface area contributed by atoms with Crippen LogP contribution in [0, 0.1) is 0 Å². The van der Waals surface area contributed by atoms with Crippen LogP contribution in [0.2, 0.25) is 0 Å². The largest absolute Gasteiger partial charge is 0.573 e. The lowest BCUT2D eigenvalue weighted by molar-refractivity contribution is -0.274. The highest BCUT2D eigenvalue weighted by Gasteiger charge is 2.31. The van der Waals surface area contributed by atoms with Crippen LogP contribution in [0.1, 0.15) is 5.89 Å². The van der Waals surface area contributed by atoms with Gasteiger partial charge in [0, 0.05) is 17.2 Å². The molecule has 4 aromatic rings. The Morgan fingerprint density at radius 2 is 1.67 bits per heavy atom. The molecule has 0 aliphatic rings. The summed E-state index contributed by atoms with van der Waals surface area (Å²) in [7, 11) is 1.57. The second-order valence-corrected chi connectivity index (χ2v) is 7.50. The fourth-order valence-corrected chi connectivity index (χ4v) is 3.49. The summed E-state index contributed by atoms with van der Waals surface area (Å²) in [6.45, 7) is 0. The van der Waals surface area contributed by atoms with Crippen LogP contribution in [0.25, 0.3) is 22.6 Å². The Labute approximate surface area is 188 Å². The zero-order valence-electron chi connectivity index (χ0n) is 16.9. The monoisotopic (exact) mass is 476 g/mol. The minimum Gasteiger partial charge on any atom is -0.497 e. The third-order valence-corrected chi connectivity index (χ3v) is 5.11. The molecule has 12 heteroatoms. The molecule has 0 aliphatic heterocycles. The van der Waals surface area contributed by atoms with E-state index in [0.717, 1.165) is 17.7 Å². The molecule has 33 heavy (non-hydrogen) atoms. The van der Waals surface area contributed by atoms with Crippen molar-refractivity contribution in [3.05, 3.63) is 70.8 Å². The minimum atomic E-state index is -4.77. The Hall–Kier alpha value is -3.80. The summed E-state index contributed by atoms with van der Waals surface area (Å²) < 4.78 is 51.0. The van der Waals surface area contributed by atoms with Crippen LogP contribution < -0.4 is 15.0 Å². The van der Waals surface area contributed by atoms with Crippen molar-refractivity contribution in [1.29, 1.82) is 0 Å². The van der Waals surface area contributed by atoms with Gasteiger partial charge in [-0.15, -0.1) is 13.2 Å². The van der Waals surface area contributed by atoms with Gasteiger partial charge >= 0.3 is 6.36 Å². The van der Waals surface area contributed by atoms with Crippen LogP contribution >= 0.6 is 11.8 Å². The summed E-state index contributed by atoms with van der Waals surface area (Å²) in [6.07, 6.45) is -4.77. The van der Waals surface area contributed by atoms with E-state index in [-0.39, 0.29) is 28.8 Å². The molecule has 1 N–H and O–H groups in total. The summed E-state index contributed by atoms with van der Waals surface area (Å²) >= 11 is 1.19. The second kappa shape index (κ2) is 9.36. The number of rotatable bonds is 7. The lowest BCUT2D eigenvalue weighted by Crippen LogP contribution is -2.16. The number of aromatic nitrogens is 4. The van der Waals surface area contributed by atoms with Crippen LogP contribution in [0.5, 0.6) is 11.5 Å². The molecule has 2 heterocycles.